The third-order valence-corrected chi connectivity index (χ3v) is 5.97. The van der Waals surface area contributed by atoms with Crippen LogP contribution in [-0.2, 0) is 0 Å². The lowest BCUT2D eigenvalue weighted by atomic mass is 10.1. The summed E-state index contributed by atoms with van der Waals surface area (Å²) in [4.78, 5) is 20.9. The number of pyridine rings is 2. The summed E-state index contributed by atoms with van der Waals surface area (Å²) in [6, 6.07) is 11.3. The predicted octanol–water partition coefficient (Wildman–Crippen LogP) is 7.32. The second-order valence-electron chi connectivity index (χ2n) is 7.57. The SMILES string of the molecule is Brc1coc2cccnc12.O=C(Nc1cn[nH]c1-c1cc(Cl)ccc1OC(F)F)c1coc2cccnc12. The number of hydrogen-bond acceptors (Lipinski definition) is 7. The Balaban J connectivity index is 0.000000244. The fourth-order valence-electron chi connectivity index (χ4n) is 3.54. The van der Waals surface area contributed by atoms with Crippen molar-refractivity contribution in [3.05, 3.63) is 88.6 Å². The molecule has 1 aromatic carbocycles. The van der Waals surface area contributed by atoms with Gasteiger partial charge in [-0.2, -0.15) is 13.9 Å². The molecule has 6 rings (SSSR count). The van der Waals surface area contributed by atoms with Crippen LogP contribution in [-0.4, -0.2) is 32.7 Å². The van der Waals surface area contributed by atoms with E-state index in [0.717, 1.165) is 15.6 Å². The van der Waals surface area contributed by atoms with Gasteiger partial charge in [0.1, 0.15) is 34.9 Å². The van der Waals surface area contributed by atoms with Crippen LogP contribution in [0.1, 0.15) is 10.4 Å². The van der Waals surface area contributed by atoms with Crippen molar-refractivity contribution in [1.29, 1.82) is 0 Å². The van der Waals surface area contributed by atoms with Crippen molar-refractivity contribution in [2.24, 2.45) is 0 Å². The van der Waals surface area contributed by atoms with Gasteiger partial charge in [0.25, 0.3) is 5.91 Å². The van der Waals surface area contributed by atoms with Gasteiger partial charge in [-0.1, -0.05) is 11.6 Å². The van der Waals surface area contributed by atoms with Crippen LogP contribution in [0.2, 0.25) is 5.02 Å². The number of rotatable bonds is 5. The lowest BCUT2D eigenvalue weighted by Gasteiger charge is -2.11. The number of anilines is 1. The Kier molecular flexibility index (Phi) is 7.33. The summed E-state index contributed by atoms with van der Waals surface area (Å²) in [6.07, 6.45) is 7.55. The fraction of sp³-hybridized carbons (Fsp3) is 0.0400. The Bertz CT molecular complexity index is 1740. The molecule has 5 aromatic heterocycles. The summed E-state index contributed by atoms with van der Waals surface area (Å²) >= 11 is 9.30. The van der Waals surface area contributed by atoms with Crippen molar-refractivity contribution < 1.29 is 27.1 Å². The summed E-state index contributed by atoms with van der Waals surface area (Å²) < 4.78 is 41.3. The summed E-state index contributed by atoms with van der Waals surface area (Å²) in [5, 5.41) is 9.51. The van der Waals surface area contributed by atoms with E-state index in [9.17, 15) is 13.6 Å². The second kappa shape index (κ2) is 11.0. The molecule has 6 aromatic rings. The number of H-pyrrole nitrogens is 1. The first-order valence-electron chi connectivity index (χ1n) is 10.8. The highest BCUT2D eigenvalue weighted by molar-refractivity contribution is 9.10. The number of benzene rings is 1. The summed E-state index contributed by atoms with van der Waals surface area (Å²) in [5.41, 5.74) is 3.49. The molecule has 2 N–H and O–H groups in total. The van der Waals surface area contributed by atoms with Crippen LogP contribution in [0.25, 0.3) is 33.5 Å². The van der Waals surface area contributed by atoms with Gasteiger partial charge >= 0.3 is 6.61 Å². The number of nitrogens with one attached hydrogen (secondary N) is 2. The van der Waals surface area contributed by atoms with Gasteiger partial charge in [-0.3, -0.25) is 19.9 Å². The Morgan fingerprint density at radius 3 is 2.50 bits per heavy atom. The minimum absolute atomic E-state index is 0.116. The molecule has 9 nitrogen and oxygen atoms in total. The molecule has 0 unspecified atom stereocenters. The Morgan fingerprint density at radius 1 is 1.05 bits per heavy atom. The Hall–Kier alpha value is -4.29. The molecule has 0 aliphatic heterocycles. The molecule has 192 valence electrons. The highest BCUT2D eigenvalue weighted by atomic mass is 79.9. The molecule has 0 saturated heterocycles. The first-order chi connectivity index (χ1) is 18.4. The molecule has 0 fully saturated rings. The average Bonchev–Trinajstić information content (AvgIpc) is 3.64. The summed E-state index contributed by atoms with van der Waals surface area (Å²) in [5.74, 6) is -0.618. The first kappa shape index (κ1) is 25.4. The molecule has 13 heteroatoms. The van der Waals surface area contributed by atoms with Gasteiger partial charge in [0, 0.05) is 23.0 Å². The molecule has 0 bridgehead atoms. The average molecular weight is 603 g/mol. The zero-order chi connectivity index (χ0) is 26.6. The maximum atomic E-state index is 12.7. The molecule has 0 saturated carbocycles. The molecular weight excluding hydrogens is 588 g/mol. The largest absolute Gasteiger partial charge is 0.462 e. The van der Waals surface area contributed by atoms with Crippen LogP contribution in [0.4, 0.5) is 14.5 Å². The van der Waals surface area contributed by atoms with Crippen molar-refractivity contribution in [2.75, 3.05) is 5.32 Å². The number of hydrogen-bond donors (Lipinski definition) is 2. The van der Waals surface area contributed by atoms with Gasteiger partial charge in [0.2, 0.25) is 0 Å². The van der Waals surface area contributed by atoms with E-state index in [1.54, 1.807) is 24.6 Å². The third-order valence-electron chi connectivity index (χ3n) is 5.18. The molecule has 0 atom stereocenters. The van der Waals surface area contributed by atoms with E-state index in [2.05, 4.69) is 46.1 Å². The minimum Gasteiger partial charge on any atom is -0.462 e. The number of amides is 1. The molecule has 5 heterocycles. The highest BCUT2D eigenvalue weighted by Crippen LogP contribution is 2.36. The van der Waals surface area contributed by atoms with Crippen LogP contribution in [0.3, 0.4) is 0 Å². The van der Waals surface area contributed by atoms with E-state index < -0.39 is 12.5 Å². The molecule has 38 heavy (non-hydrogen) atoms. The number of alkyl halides is 2. The van der Waals surface area contributed by atoms with E-state index in [1.807, 2.05) is 12.1 Å². The highest BCUT2D eigenvalue weighted by Gasteiger charge is 2.20. The quantitative estimate of drug-likeness (QED) is 0.212. The molecule has 0 aliphatic rings. The lowest BCUT2D eigenvalue weighted by Crippen LogP contribution is -2.12. The number of fused-ring (bicyclic) bond motifs is 2. The van der Waals surface area contributed by atoms with Crippen molar-refractivity contribution in [3.8, 4) is 17.0 Å². The number of furan rings is 2. The molecule has 0 radical (unpaired) electrons. The standard InChI is InChI=1S/C18H11ClF2N4O3.C7H4BrNO/c19-9-3-4-13(28-18(20)21)10(6-9)15-12(7-23-25-15)24-17(26)11-8-27-14-2-1-5-22-16(11)14;8-5-4-10-6-2-1-3-9-7(5)6/h1-8,18H,(H,23,25)(H,24,26);1-4H. The number of ether oxygens (including phenoxy) is 1. The van der Waals surface area contributed by atoms with Crippen molar-refractivity contribution in [1.82, 2.24) is 20.2 Å². The van der Waals surface area contributed by atoms with Crippen LogP contribution >= 0.6 is 27.5 Å². The van der Waals surface area contributed by atoms with Crippen molar-refractivity contribution in [2.45, 2.75) is 6.61 Å². The zero-order valence-corrected chi connectivity index (χ0v) is 21.3. The number of halogens is 4. The van der Waals surface area contributed by atoms with Crippen LogP contribution in [0.15, 0.2) is 86.9 Å². The van der Waals surface area contributed by atoms with Crippen molar-refractivity contribution >= 4 is 61.3 Å². The van der Waals surface area contributed by atoms with Gasteiger partial charge in [-0.15, -0.1) is 0 Å². The zero-order valence-electron chi connectivity index (χ0n) is 19.0. The van der Waals surface area contributed by atoms with Gasteiger partial charge in [-0.05, 0) is 58.4 Å². The summed E-state index contributed by atoms with van der Waals surface area (Å²) in [7, 11) is 0. The number of aromatic amines is 1. The van der Waals surface area contributed by atoms with Gasteiger partial charge < -0.3 is 18.9 Å². The topological polar surface area (TPSA) is 119 Å². The lowest BCUT2D eigenvalue weighted by molar-refractivity contribution is -0.0494. The van der Waals surface area contributed by atoms with Crippen LogP contribution in [0, 0.1) is 0 Å². The predicted molar refractivity (Wildman–Crippen MR) is 139 cm³/mol. The normalized spacial score (nSPS) is 11.0. The fourth-order valence-corrected chi connectivity index (χ4v) is 4.10. The molecule has 0 aliphatic carbocycles. The third kappa shape index (κ3) is 5.36. The number of carbonyl (C=O) groups is 1. The first-order valence-corrected chi connectivity index (χ1v) is 12.0. The van der Waals surface area contributed by atoms with Crippen molar-refractivity contribution in [3.63, 3.8) is 0 Å². The second-order valence-corrected chi connectivity index (χ2v) is 8.86. The van der Waals surface area contributed by atoms with E-state index in [1.165, 1.54) is 36.9 Å². The monoisotopic (exact) mass is 601 g/mol. The van der Waals surface area contributed by atoms with Gasteiger partial charge in [0.15, 0.2) is 11.2 Å². The van der Waals surface area contributed by atoms with Crippen LogP contribution in [0.5, 0.6) is 5.75 Å². The molecular formula is C25H15BrClF2N5O4. The Labute approximate surface area is 225 Å². The number of carbonyl (C=O) groups excluding carboxylic acids is 1. The van der Waals surface area contributed by atoms with E-state index in [4.69, 9.17) is 20.4 Å². The number of aromatic nitrogens is 4. The molecule has 1 amide bonds. The van der Waals surface area contributed by atoms with E-state index in [0.29, 0.717) is 16.1 Å². The van der Waals surface area contributed by atoms with Gasteiger partial charge in [0.05, 0.1) is 22.1 Å². The van der Waals surface area contributed by atoms with E-state index in [-0.39, 0.29) is 28.3 Å². The smallest absolute Gasteiger partial charge is 0.387 e. The van der Waals surface area contributed by atoms with Crippen LogP contribution < -0.4 is 10.1 Å². The summed E-state index contributed by atoms with van der Waals surface area (Å²) in [6.45, 7) is -3.02. The number of nitrogens with zero attached hydrogens (tertiary/aromatic N) is 3. The van der Waals surface area contributed by atoms with Gasteiger partial charge in [-0.25, -0.2) is 0 Å². The van der Waals surface area contributed by atoms with E-state index >= 15 is 0 Å². The Morgan fingerprint density at radius 2 is 1.76 bits per heavy atom. The minimum atomic E-state index is -3.02. The maximum absolute atomic E-state index is 12.7. The maximum Gasteiger partial charge on any atom is 0.387 e. The molecule has 0 spiro atoms.